The number of hydrogen-bond donors (Lipinski definition) is 0. The van der Waals surface area contributed by atoms with Crippen LogP contribution in [0.15, 0.2) is 34.2 Å². The first kappa shape index (κ1) is 7.63. The molecule has 3 rings (SSSR count). The molecule has 0 fully saturated rings. The van der Waals surface area contributed by atoms with E-state index in [0.717, 1.165) is 18.9 Å². The van der Waals surface area contributed by atoms with Crippen molar-refractivity contribution in [3.63, 3.8) is 0 Å². The molecule has 2 unspecified atom stereocenters. The van der Waals surface area contributed by atoms with Crippen LogP contribution in [-0.2, 0) is 0 Å². The fourth-order valence-electron chi connectivity index (χ4n) is 2.15. The molecule has 0 saturated heterocycles. The van der Waals surface area contributed by atoms with Crippen molar-refractivity contribution in [3.8, 4) is 0 Å². The van der Waals surface area contributed by atoms with Crippen LogP contribution in [0, 0.1) is 0 Å². The Morgan fingerprint density at radius 1 is 1.31 bits per heavy atom. The summed E-state index contributed by atoms with van der Waals surface area (Å²) in [6.07, 6.45) is 3.22. The number of benzene rings is 1. The van der Waals surface area contributed by atoms with E-state index in [1.54, 1.807) is 5.56 Å². The Kier molecular flexibility index (Phi) is 1.69. The maximum absolute atomic E-state index is 4.36. The fraction of sp³-hybridized carbons (Fsp3) is 0.364. The van der Waals surface area contributed by atoms with Gasteiger partial charge < -0.3 is 0 Å². The summed E-state index contributed by atoms with van der Waals surface area (Å²) in [6.45, 7) is 1.00. The summed E-state index contributed by atoms with van der Waals surface area (Å²) in [4.78, 5) is 5.83. The normalized spacial score (nSPS) is 29.8. The highest BCUT2D eigenvalue weighted by molar-refractivity contribution is 8.00. The van der Waals surface area contributed by atoms with Crippen LogP contribution in [0.4, 0.5) is 0 Å². The van der Waals surface area contributed by atoms with Crippen LogP contribution in [0.25, 0.3) is 0 Å². The van der Waals surface area contributed by atoms with E-state index in [2.05, 4.69) is 35.5 Å². The summed E-state index contributed by atoms with van der Waals surface area (Å²) in [7, 11) is 0. The first-order chi connectivity index (χ1) is 6.45. The van der Waals surface area contributed by atoms with Gasteiger partial charge in [0.15, 0.2) is 0 Å². The van der Waals surface area contributed by atoms with Crippen molar-refractivity contribution >= 4 is 18.0 Å². The fourth-order valence-corrected chi connectivity index (χ4v) is 3.57. The maximum atomic E-state index is 4.36. The second kappa shape index (κ2) is 2.88. The molecule has 1 nitrogen and oxygen atoms in total. The monoisotopic (exact) mass is 189 g/mol. The van der Waals surface area contributed by atoms with Crippen LogP contribution >= 0.6 is 11.8 Å². The van der Waals surface area contributed by atoms with Crippen molar-refractivity contribution in [1.82, 2.24) is 0 Å². The predicted molar refractivity (Wildman–Crippen MR) is 56.8 cm³/mol. The Hall–Kier alpha value is -0.760. The third-order valence-electron chi connectivity index (χ3n) is 2.82. The lowest BCUT2D eigenvalue weighted by Crippen LogP contribution is -2.18. The molecule has 2 heteroatoms. The summed E-state index contributed by atoms with van der Waals surface area (Å²) in [5.41, 5.74) is 1.55. The van der Waals surface area contributed by atoms with Crippen LogP contribution < -0.4 is 0 Å². The van der Waals surface area contributed by atoms with Gasteiger partial charge in [-0.25, -0.2) is 0 Å². The Labute approximate surface area is 82.3 Å². The molecular formula is C11H11NS. The van der Waals surface area contributed by atoms with Crippen molar-refractivity contribution in [3.05, 3.63) is 29.8 Å². The van der Waals surface area contributed by atoms with Gasteiger partial charge in [-0.1, -0.05) is 18.2 Å². The van der Waals surface area contributed by atoms with Gasteiger partial charge in [-0.3, -0.25) is 4.99 Å². The van der Waals surface area contributed by atoms with Crippen molar-refractivity contribution in [2.75, 3.05) is 6.54 Å². The number of thioether (sulfide) groups is 1. The van der Waals surface area contributed by atoms with E-state index in [-0.39, 0.29) is 0 Å². The van der Waals surface area contributed by atoms with E-state index in [4.69, 9.17) is 0 Å². The van der Waals surface area contributed by atoms with E-state index in [9.17, 15) is 0 Å². The second-order valence-electron chi connectivity index (χ2n) is 3.58. The molecule has 0 saturated carbocycles. The third-order valence-corrected chi connectivity index (χ3v) is 4.23. The van der Waals surface area contributed by atoms with E-state index in [1.807, 2.05) is 11.8 Å². The van der Waals surface area contributed by atoms with E-state index in [1.165, 1.54) is 4.90 Å². The quantitative estimate of drug-likeness (QED) is 0.611. The number of rotatable bonds is 0. The van der Waals surface area contributed by atoms with Crippen molar-refractivity contribution in [2.45, 2.75) is 22.5 Å². The van der Waals surface area contributed by atoms with Crippen molar-refractivity contribution < 1.29 is 0 Å². The Balaban J connectivity index is 2.05. The molecule has 1 aromatic carbocycles. The van der Waals surface area contributed by atoms with Gasteiger partial charge in [0, 0.05) is 16.1 Å². The smallest absolute Gasteiger partial charge is 0.0514 e. The minimum Gasteiger partial charge on any atom is -0.296 e. The maximum Gasteiger partial charge on any atom is 0.0514 e. The second-order valence-corrected chi connectivity index (χ2v) is 4.87. The third kappa shape index (κ3) is 1.12. The van der Waals surface area contributed by atoms with Gasteiger partial charge in [0.2, 0.25) is 0 Å². The lowest BCUT2D eigenvalue weighted by Gasteiger charge is -2.19. The average molecular weight is 189 g/mol. The van der Waals surface area contributed by atoms with Crippen LogP contribution in [0.2, 0.25) is 0 Å². The Bertz CT molecular complexity index is 359. The van der Waals surface area contributed by atoms with E-state index in [0.29, 0.717) is 5.25 Å². The molecule has 13 heavy (non-hydrogen) atoms. The highest BCUT2D eigenvalue weighted by Crippen LogP contribution is 2.47. The Morgan fingerprint density at radius 2 is 2.23 bits per heavy atom. The first-order valence-corrected chi connectivity index (χ1v) is 5.57. The molecule has 2 heterocycles. The Morgan fingerprint density at radius 3 is 3.23 bits per heavy atom. The first-order valence-electron chi connectivity index (χ1n) is 4.69. The zero-order chi connectivity index (χ0) is 8.67. The average Bonchev–Trinajstić information content (AvgIpc) is 2.56. The van der Waals surface area contributed by atoms with Gasteiger partial charge in [0.1, 0.15) is 0 Å². The minimum absolute atomic E-state index is 0.711. The molecule has 0 spiro atoms. The number of nitrogens with zero attached hydrogens (tertiary/aromatic N) is 1. The largest absolute Gasteiger partial charge is 0.296 e. The highest BCUT2D eigenvalue weighted by Gasteiger charge is 2.33. The van der Waals surface area contributed by atoms with Gasteiger partial charge in [0.05, 0.1) is 6.54 Å². The van der Waals surface area contributed by atoms with Crippen LogP contribution in [0.3, 0.4) is 0 Å². The minimum atomic E-state index is 0.711. The molecule has 0 bridgehead atoms. The van der Waals surface area contributed by atoms with E-state index >= 15 is 0 Å². The summed E-state index contributed by atoms with van der Waals surface area (Å²) < 4.78 is 0. The highest BCUT2D eigenvalue weighted by atomic mass is 32.2. The van der Waals surface area contributed by atoms with Crippen molar-refractivity contribution in [1.29, 1.82) is 0 Å². The zero-order valence-electron chi connectivity index (χ0n) is 7.31. The topological polar surface area (TPSA) is 12.4 Å². The van der Waals surface area contributed by atoms with Gasteiger partial charge in [0.25, 0.3) is 0 Å². The molecule has 0 amide bonds. The number of fused-ring (bicyclic) bond motifs is 3. The molecule has 2 aliphatic heterocycles. The van der Waals surface area contributed by atoms with Crippen LogP contribution in [-0.4, -0.2) is 18.0 Å². The molecule has 1 aromatic rings. The van der Waals surface area contributed by atoms with Gasteiger partial charge in [-0.2, -0.15) is 0 Å². The van der Waals surface area contributed by atoms with Gasteiger partial charge >= 0.3 is 0 Å². The van der Waals surface area contributed by atoms with E-state index < -0.39 is 0 Å². The summed E-state index contributed by atoms with van der Waals surface area (Å²) in [5.74, 6) is 0.735. The predicted octanol–water partition coefficient (Wildman–Crippen LogP) is 2.72. The van der Waals surface area contributed by atoms with Crippen LogP contribution in [0.1, 0.15) is 17.9 Å². The van der Waals surface area contributed by atoms with Crippen molar-refractivity contribution in [2.24, 2.45) is 4.99 Å². The number of aliphatic imine (C=N–C) groups is 1. The molecular weight excluding hydrogens is 178 g/mol. The lowest BCUT2D eigenvalue weighted by molar-refractivity contribution is 0.664. The number of hydrogen-bond acceptors (Lipinski definition) is 2. The molecule has 66 valence electrons. The SMILES string of the molecule is C1=NCC2Sc3ccccc3C2C1. The zero-order valence-corrected chi connectivity index (χ0v) is 8.13. The van der Waals surface area contributed by atoms with Gasteiger partial charge in [-0.05, 0) is 24.3 Å². The summed E-state index contributed by atoms with van der Waals surface area (Å²) in [6, 6.07) is 8.78. The molecule has 0 aromatic heterocycles. The summed E-state index contributed by atoms with van der Waals surface area (Å²) in [5, 5.41) is 0.711. The molecule has 2 aliphatic rings. The molecule has 0 N–H and O–H groups in total. The standard InChI is InChI=1S/C11H11NS/c1-2-4-10-8(3-1)9-5-6-12-7-11(9)13-10/h1-4,6,9,11H,5,7H2. The molecule has 0 aliphatic carbocycles. The van der Waals surface area contributed by atoms with Crippen LogP contribution in [0.5, 0.6) is 0 Å². The molecule has 0 radical (unpaired) electrons. The molecule has 2 atom stereocenters. The summed E-state index contributed by atoms with van der Waals surface area (Å²) >= 11 is 2.01. The van der Waals surface area contributed by atoms with Gasteiger partial charge in [-0.15, -0.1) is 11.8 Å². The lowest BCUT2D eigenvalue weighted by atomic mass is 9.92.